The van der Waals surface area contributed by atoms with E-state index in [1.54, 1.807) is 0 Å². The maximum Gasteiger partial charge on any atom is 0.419 e. The molecule has 0 saturated heterocycles. The Kier molecular flexibility index (Phi) is 3.75. The molecule has 0 atom stereocenters. The molecule has 3 nitrogen and oxygen atoms in total. The van der Waals surface area contributed by atoms with E-state index in [9.17, 15) is 13.2 Å². The summed E-state index contributed by atoms with van der Waals surface area (Å²) in [4.78, 5) is 3.77. The van der Waals surface area contributed by atoms with Gasteiger partial charge in [-0.1, -0.05) is 0 Å². The first kappa shape index (κ1) is 13.1. The van der Waals surface area contributed by atoms with Crippen LogP contribution in [0.25, 0.3) is 0 Å². The van der Waals surface area contributed by atoms with Crippen LogP contribution in [-0.2, 0) is 10.9 Å². The lowest BCUT2D eigenvalue weighted by molar-refractivity contribution is -0.137. The average Bonchev–Trinajstić information content (AvgIpc) is 2.25. The monoisotopic (exact) mass is 260 g/mol. The van der Waals surface area contributed by atoms with Gasteiger partial charge in [0.15, 0.2) is 0 Å². The van der Waals surface area contributed by atoms with Gasteiger partial charge >= 0.3 is 6.18 Å². The zero-order valence-electron chi connectivity index (χ0n) is 10.00. The fraction of sp³-hybridized carbons (Fsp3) is 0.583. The van der Waals surface area contributed by atoms with Gasteiger partial charge in [0, 0.05) is 18.8 Å². The van der Waals surface area contributed by atoms with E-state index in [1.165, 1.54) is 12.3 Å². The van der Waals surface area contributed by atoms with Crippen molar-refractivity contribution in [1.82, 2.24) is 4.98 Å². The molecule has 18 heavy (non-hydrogen) atoms. The lowest BCUT2D eigenvalue weighted by Gasteiger charge is -2.36. The maximum absolute atomic E-state index is 12.7. The molecule has 0 bridgehead atoms. The normalized spacial score (nSPS) is 23.6. The van der Waals surface area contributed by atoms with Crippen molar-refractivity contribution in [2.45, 2.75) is 38.1 Å². The van der Waals surface area contributed by atoms with Crippen LogP contribution >= 0.6 is 0 Å². The summed E-state index contributed by atoms with van der Waals surface area (Å²) in [7, 11) is 0. The van der Waals surface area contributed by atoms with Gasteiger partial charge in [0.1, 0.15) is 5.82 Å². The van der Waals surface area contributed by atoms with E-state index >= 15 is 0 Å². The van der Waals surface area contributed by atoms with Gasteiger partial charge in [0.25, 0.3) is 0 Å². The number of hydrogen-bond donors (Lipinski definition) is 1. The minimum absolute atomic E-state index is 0.0116. The number of nitrogens with zero attached hydrogens (tertiary/aromatic N) is 1. The number of ether oxygens (including phenoxy) is 1. The van der Waals surface area contributed by atoms with Crippen LogP contribution in [0.2, 0.25) is 0 Å². The Morgan fingerprint density at radius 3 is 2.78 bits per heavy atom. The van der Waals surface area contributed by atoms with Crippen LogP contribution in [0.3, 0.4) is 0 Å². The second-order valence-electron chi connectivity index (χ2n) is 4.29. The predicted molar refractivity (Wildman–Crippen MR) is 61.3 cm³/mol. The van der Waals surface area contributed by atoms with Crippen molar-refractivity contribution in [2.24, 2.45) is 0 Å². The molecule has 2 rings (SSSR count). The van der Waals surface area contributed by atoms with Crippen molar-refractivity contribution in [1.29, 1.82) is 0 Å². The first-order valence-corrected chi connectivity index (χ1v) is 5.91. The second kappa shape index (κ2) is 5.14. The fourth-order valence-corrected chi connectivity index (χ4v) is 2.00. The van der Waals surface area contributed by atoms with E-state index in [4.69, 9.17) is 4.74 Å². The second-order valence-corrected chi connectivity index (χ2v) is 4.29. The van der Waals surface area contributed by atoms with Crippen LogP contribution in [0.15, 0.2) is 18.3 Å². The molecule has 1 aromatic heterocycles. The highest BCUT2D eigenvalue weighted by Crippen LogP contribution is 2.35. The predicted octanol–water partition coefficient (Wildman–Crippen LogP) is 3.08. The Labute approximate surface area is 103 Å². The highest BCUT2D eigenvalue weighted by atomic mass is 19.4. The van der Waals surface area contributed by atoms with Crippen molar-refractivity contribution in [2.75, 3.05) is 11.9 Å². The van der Waals surface area contributed by atoms with Crippen molar-refractivity contribution in [3.8, 4) is 0 Å². The standard InChI is InChI=1S/C12H15F3N2O/c1-2-18-9-6-8(7-9)17-11-10(12(13,14)15)4-3-5-16-11/h3-5,8-9H,2,6-7H2,1H3,(H,16,17). The SMILES string of the molecule is CCOC1CC(Nc2ncccc2C(F)(F)F)C1. The van der Waals surface area contributed by atoms with E-state index in [2.05, 4.69) is 10.3 Å². The van der Waals surface area contributed by atoms with Gasteiger partial charge in [0.05, 0.1) is 11.7 Å². The van der Waals surface area contributed by atoms with E-state index in [-0.39, 0.29) is 18.0 Å². The molecule has 1 aliphatic carbocycles. The Hall–Kier alpha value is -1.30. The maximum atomic E-state index is 12.7. The highest BCUT2D eigenvalue weighted by Gasteiger charge is 2.36. The minimum Gasteiger partial charge on any atom is -0.378 e. The molecule has 100 valence electrons. The van der Waals surface area contributed by atoms with Crippen molar-refractivity contribution >= 4 is 5.82 Å². The lowest BCUT2D eigenvalue weighted by Crippen LogP contribution is -2.41. The summed E-state index contributed by atoms with van der Waals surface area (Å²) in [6.45, 7) is 2.54. The molecule has 0 aromatic carbocycles. The molecular formula is C12H15F3N2O. The van der Waals surface area contributed by atoms with Crippen LogP contribution in [0.4, 0.5) is 19.0 Å². The third-order valence-corrected chi connectivity index (χ3v) is 2.95. The molecule has 6 heteroatoms. The number of hydrogen-bond acceptors (Lipinski definition) is 3. The Morgan fingerprint density at radius 1 is 1.44 bits per heavy atom. The molecule has 0 amide bonds. The van der Waals surface area contributed by atoms with Crippen molar-refractivity contribution in [3.05, 3.63) is 23.9 Å². The topological polar surface area (TPSA) is 34.1 Å². The van der Waals surface area contributed by atoms with Crippen molar-refractivity contribution in [3.63, 3.8) is 0 Å². The number of pyridine rings is 1. The molecule has 1 saturated carbocycles. The van der Waals surface area contributed by atoms with Crippen molar-refractivity contribution < 1.29 is 17.9 Å². The average molecular weight is 260 g/mol. The first-order valence-electron chi connectivity index (χ1n) is 5.91. The molecular weight excluding hydrogens is 245 g/mol. The van der Waals surface area contributed by atoms with E-state index < -0.39 is 11.7 Å². The Balaban J connectivity index is 1.99. The molecule has 1 aromatic rings. The zero-order chi connectivity index (χ0) is 13.2. The Bertz CT molecular complexity index is 403. The first-order chi connectivity index (χ1) is 8.50. The molecule has 1 N–H and O–H groups in total. The number of aromatic nitrogens is 1. The van der Waals surface area contributed by atoms with E-state index in [1.807, 2.05) is 6.92 Å². The molecule has 0 unspecified atom stereocenters. The van der Waals surface area contributed by atoms with E-state index in [0.29, 0.717) is 6.61 Å². The highest BCUT2D eigenvalue weighted by molar-refractivity contribution is 5.46. The van der Waals surface area contributed by atoms with Crippen LogP contribution < -0.4 is 5.32 Å². The van der Waals surface area contributed by atoms with Gasteiger partial charge in [-0.05, 0) is 31.9 Å². The fourth-order valence-electron chi connectivity index (χ4n) is 2.00. The summed E-state index contributed by atoms with van der Waals surface area (Å²) in [5.41, 5.74) is -0.718. The number of anilines is 1. The number of nitrogens with one attached hydrogen (secondary N) is 1. The van der Waals surface area contributed by atoms with Gasteiger partial charge in [0.2, 0.25) is 0 Å². The quantitative estimate of drug-likeness (QED) is 0.903. The summed E-state index contributed by atoms with van der Waals surface area (Å²) in [6.07, 6.45) is -1.41. The summed E-state index contributed by atoms with van der Waals surface area (Å²) < 4.78 is 43.5. The smallest absolute Gasteiger partial charge is 0.378 e. The lowest BCUT2D eigenvalue weighted by atomic mass is 9.89. The van der Waals surface area contributed by atoms with Crippen LogP contribution in [-0.4, -0.2) is 23.7 Å². The van der Waals surface area contributed by atoms with Crippen LogP contribution in [0.1, 0.15) is 25.3 Å². The summed E-state index contributed by atoms with van der Waals surface area (Å²) in [5, 5.41) is 2.83. The zero-order valence-corrected chi connectivity index (χ0v) is 10.00. The van der Waals surface area contributed by atoms with Gasteiger partial charge in [-0.2, -0.15) is 13.2 Å². The molecule has 1 heterocycles. The summed E-state index contributed by atoms with van der Waals surface area (Å²) >= 11 is 0. The number of alkyl halides is 3. The largest absolute Gasteiger partial charge is 0.419 e. The van der Waals surface area contributed by atoms with Crippen LogP contribution in [0.5, 0.6) is 0 Å². The molecule has 1 fully saturated rings. The summed E-state index contributed by atoms with van der Waals surface area (Å²) in [6, 6.07) is 2.34. The molecule has 0 aliphatic heterocycles. The number of halogens is 3. The molecule has 1 aliphatic rings. The molecule has 0 spiro atoms. The third-order valence-electron chi connectivity index (χ3n) is 2.95. The summed E-state index contributed by atoms with van der Waals surface area (Å²) in [5.74, 6) is -0.0926. The number of rotatable bonds is 4. The molecule has 0 radical (unpaired) electrons. The van der Waals surface area contributed by atoms with Gasteiger partial charge in [-0.15, -0.1) is 0 Å². The van der Waals surface area contributed by atoms with Gasteiger partial charge < -0.3 is 10.1 Å². The van der Waals surface area contributed by atoms with Gasteiger partial charge in [-0.25, -0.2) is 4.98 Å². The minimum atomic E-state index is -4.38. The third kappa shape index (κ3) is 2.93. The van der Waals surface area contributed by atoms with E-state index in [0.717, 1.165) is 18.9 Å². The Morgan fingerprint density at radius 2 is 2.17 bits per heavy atom. The van der Waals surface area contributed by atoms with Crippen LogP contribution in [0, 0.1) is 0 Å². The van der Waals surface area contributed by atoms with Gasteiger partial charge in [-0.3, -0.25) is 0 Å².